The van der Waals surface area contributed by atoms with Crippen molar-refractivity contribution in [3.63, 3.8) is 0 Å². The second-order valence-electron chi connectivity index (χ2n) is 7.94. The summed E-state index contributed by atoms with van der Waals surface area (Å²) in [6.07, 6.45) is 0.249. The molecule has 2 N–H and O–H groups in total. The zero-order chi connectivity index (χ0) is 25.4. The molecule has 10 heteroatoms. The van der Waals surface area contributed by atoms with E-state index in [9.17, 15) is 9.59 Å². The minimum Gasteiger partial charge on any atom is -0.497 e. The molecule has 0 aliphatic carbocycles. The van der Waals surface area contributed by atoms with Gasteiger partial charge >= 0.3 is 0 Å². The van der Waals surface area contributed by atoms with Crippen LogP contribution in [0.1, 0.15) is 36.8 Å². The maximum Gasteiger partial charge on any atom is 0.234 e. The average Bonchev–Trinajstić information content (AvgIpc) is 3.26. The molecule has 0 spiro atoms. The summed E-state index contributed by atoms with van der Waals surface area (Å²) in [5.41, 5.74) is 2.54. The van der Waals surface area contributed by atoms with Crippen molar-refractivity contribution in [3.8, 4) is 11.5 Å². The van der Waals surface area contributed by atoms with Crippen LogP contribution in [0.5, 0.6) is 11.5 Å². The molecule has 1 heterocycles. The first-order chi connectivity index (χ1) is 16.8. The lowest BCUT2D eigenvalue weighted by Crippen LogP contribution is -2.30. The van der Waals surface area contributed by atoms with E-state index in [4.69, 9.17) is 9.47 Å². The standard InChI is InChI=1S/C25H31N5O4S/c1-6-30-24(17(3)26-22(31)14-18-8-10-19(33-4)11-9-18)28-29-25(30)35-15-23(32)27-20-13-16(2)7-12-21(20)34-5/h7-13,17H,6,14-15H2,1-5H3,(H,26,31)(H,27,32)/t17-/m0/s1. The van der Waals surface area contributed by atoms with Gasteiger partial charge in [0, 0.05) is 6.54 Å². The summed E-state index contributed by atoms with van der Waals surface area (Å²) in [5, 5.41) is 15.0. The topological polar surface area (TPSA) is 107 Å². The van der Waals surface area contributed by atoms with Crippen LogP contribution in [0.2, 0.25) is 0 Å². The monoisotopic (exact) mass is 497 g/mol. The Morgan fingerprint density at radius 3 is 2.46 bits per heavy atom. The maximum absolute atomic E-state index is 12.6. The van der Waals surface area contributed by atoms with Crippen molar-refractivity contribution in [2.24, 2.45) is 0 Å². The SMILES string of the molecule is CCn1c(SCC(=O)Nc2cc(C)ccc2OC)nnc1[C@H](C)NC(=O)Cc1ccc(OC)cc1. The fourth-order valence-electron chi connectivity index (χ4n) is 3.55. The van der Waals surface area contributed by atoms with Crippen LogP contribution in [0.3, 0.4) is 0 Å². The third-order valence-electron chi connectivity index (χ3n) is 5.31. The predicted octanol–water partition coefficient (Wildman–Crippen LogP) is 3.77. The van der Waals surface area contributed by atoms with Crippen LogP contribution in [0, 0.1) is 6.92 Å². The number of thioether (sulfide) groups is 1. The first-order valence-corrected chi connectivity index (χ1v) is 12.3. The largest absolute Gasteiger partial charge is 0.497 e. The van der Waals surface area contributed by atoms with E-state index in [1.807, 2.05) is 67.8 Å². The number of hydrogen-bond donors (Lipinski definition) is 2. The zero-order valence-electron chi connectivity index (χ0n) is 20.6. The predicted molar refractivity (Wildman–Crippen MR) is 136 cm³/mol. The molecular weight excluding hydrogens is 466 g/mol. The van der Waals surface area contributed by atoms with Crippen LogP contribution in [-0.4, -0.2) is 46.6 Å². The summed E-state index contributed by atoms with van der Waals surface area (Å²) in [5.74, 6) is 1.86. The second kappa shape index (κ2) is 12.3. The molecule has 2 amide bonds. The van der Waals surface area contributed by atoms with Gasteiger partial charge in [0.25, 0.3) is 0 Å². The van der Waals surface area contributed by atoms with Crippen molar-refractivity contribution in [2.45, 2.75) is 44.9 Å². The van der Waals surface area contributed by atoms with Gasteiger partial charge in [-0.1, -0.05) is 30.0 Å². The normalized spacial score (nSPS) is 11.6. The van der Waals surface area contributed by atoms with Crippen molar-refractivity contribution in [3.05, 3.63) is 59.4 Å². The van der Waals surface area contributed by atoms with Crippen LogP contribution in [0.15, 0.2) is 47.6 Å². The summed E-state index contributed by atoms with van der Waals surface area (Å²) in [4.78, 5) is 25.1. The lowest BCUT2D eigenvalue weighted by molar-refractivity contribution is -0.121. The Labute approximate surface area is 209 Å². The van der Waals surface area contributed by atoms with Crippen LogP contribution in [-0.2, 0) is 22.6 Å². The Morgan fingerprint density at radius 1 is 1.06 bits per heavy atom. The molecule has 0 saturated heterocycles. The highest BCUT2D eigenvalue weighted by molar-refractivity contribution is 7.99. The Kier molecular flexibility index (Phi) is 9.13. The van der Waals surface area contributed by atoms with E-state index >= 15 is 0 Å². The second-order valence-corrected chi connectivity index (χ2v) is 8.88. The van der Waals surface area contributed by atoms with Gasteiger partial charge in [-0.05, 0) is 56.2 Å². The van der Waals surface area contributed by atoms with Crippen molar-refractivity contribution in [1.82, 2.24) is 20.1 Å². The quantitative estimate of drug-likeness (QED) is 0.388. The average molecular weight is 498 g/mol. The number of hydrogen-bond acceptors (Lipinski definition) is 7. The molecule has 0 aliphatic heterocycles. The highest BCUT2D eigenvalue weighted by Gasteiger charge is 2.20. The van der Waals surface area contributed by atoms with E-state index in [0.29, 0.717) is 29.0 Å². The number of amides is 2. The Hall–Kier alpha value is -3.53. The number of carbonyl (C=O) groups excluding carboxylic acids is 2. The number of aromatic nitrogens is 3. The molecule has 0 bridgehead atoms. The number of carbonyl (C=O) groups is 2. The molecule has 9 nitrogen and oxygen atoms in total. The molecule has 3 rings (SSSR count). The van der Waals surface area contributed by atoms with Gasteiger partial charge in [0.15, 0.2) is 11.0 Å². The van der Waals surface area contributed by atoms with Crippen molar-refractivity contribution < 1.29 is 19.1 Å². The van der Waals surface area contributed by atoms with Gasteiger partial charge in [0.1, 0.15) is 11.5 Å². The van der Waals surface area contributed by atoms with E-state index in [-0.39, 0.29) is 30.0 Å². The number of ether oxygens (including phenoxy) is 2. The number of nitrogens with one attached hydrogen (secondary N) is 2. The first-order valence-electron chi connectivity index (χ1n) is 11.3. The molecule has 0 fully saturated rings. The van der Waals surface area contributed by atoms with Gasteiger partial charge in [-0.3, -0.25) is 9.59 Å². The van der Waals surface area contributed by atoms with Gasteiger partial charge in [-0.15, -0.1) is 10.2 Å². The lowest BCUT2D eigenvalue weighted by Gasteiger charge is -2.15. The molecule has 186 valence electrons. The highest BCUT2D eigenvalue weighted by atomic mass is 32.2. The van der Waals surface area contributed by atoms with Crippen LogP contribution < -0.4 is 20.1 Å². The van der Waals surface area contributed by atoms with Gasteiger partial charge in [0.05, 0.1) is 38.1 Å². The number of methoxy groups -OCH3 is 2. The van der Waals surface area contributed by atoms with Crippen molar-refractivity contribution in [1.29, 1.82) is 0 Å². The summed E-state index contributed by atoms with van der Waals surface area (Å²) in [7, 11) is 3.17. The lowest BCUT2D eigenvalue weighted by atomic mass is 10.1. The molecule has 0 radical (unpaired) electrons. The number of anilines is 1. The minimum absolute atomic E-state index is 0.117. The zero-order valence-corrected chi connectivity index (χ0v) is 21.4. The van der Waals surface area contributed by atoms with Crippen LogP contribution in [0.4, 0.5) is 5.69 Å². The molecule has 35 heavy (non-hydrogen) atoms. The summed E-state index contributed by atoms with van der Waals surface area (Å²) >= 11 is 1.29. The number of nitrogens with zero attached hydrogens (tertiary/aromatic N) is 3. The Balaban J connectivity index is 1.59. The Bertz CT molecular complexity index is 1160. The maximum atomic E-state index is 12.6. The van der Waals surface area contributed by atoms with E-state index in [2.05, 4.69) is 20.8 Å². The van der Waals surface area contributed by atoms with Gasteiger partial charge < -0.3 is 24.7 Å². The fraction of sp³-hybridized carbons (Fsp3) is 0.360. The first kappa shape index (κ1) is 26.1. The van der Waals surface area contributed by atoms with E-state index in [1.165, 1.54) is 11.8 Å². The summed E-state index contributed by atoms with van der Waals surface area (Å²) in [6, 6.07) is 12.7. The summed E-state index contributed by atoms with van der Waals surface area (Å²) < 4.78 is 12.4. The number of benzene rings is 2. The van der Waals surface area contributed by atoms with E-state index < -0.39 is 0 Å². The molecule has 1 aromatic heterocycles. The fourth-order valence-corrected chi connectivity index (χ4v) is 4.36. The van der Waals surface area contributed by atoms with E-state index in [1.54, 1.807) is 14.2 Å². The summed E-state index contributed by atoms with van der Waals surface area (Å²) in [6.45, 7) is 6.40. The molecule has 0 unspecified atom stereocenters. The molecule has 0 saturated carbocycles. The molecule has 1 atom stereocenters. The Morgan fingerprint density at radius 2 is 1.80 bits per heavy atom. The smallest absolute Gasteiger partial charge is 0.234 e. The van der Waals surface area contributed by atoms with Gasteiger partial charge in [0.2, 0.25) is 11.8 Å². The van der Waals surface area contributed by atoms with Gasteiger partial charge in [-0.2, -0.15) is 0 Å². The van der Waals surface area contributed by atoms with Gasteiger partial charge in [-0.25, -0.2) is 0 Å². The molecule has 0 aliphatic rings. The minimum atomic E-state index is -0.340. The highest BCUT2D eigenvalue weighted by Crippen LogP contribution is 2.26. The number of rotatable bonds is 11. The third kappa shape index (κ3) is 6.98. The third-order valence-corrected chi connectivity index (χ3v) is 6.28. The number of aryl methyl sites for hydroxylation is 1. The van der Waals surface area contributed by atoms with Crippen molar-refractivity contribution >= 4 is 29.3 Å². The van der Waals surface area contributed by atoms with Crippen molar-refractivity contribution in [2.75, 3.05) is 25.3 Å². The molecular formula is C25H31N5O4S. The molecule has 3 aromatic rings. The van der Waals surface area contributed by atoms with E-state index in [0.717, 1.165) is 16.9 Å². The van der Waals surface area contributed by atoms with Crippen LogP contribution >= 0.6 is 11.8 Å². The molecule has 2 aromatic carbocycles. The van der Waals surface area contributed by atoms with Crippen LogP contribution in [0.25, 0.3) is 0 Å².